The number of rotatable bonds is 16. The molecule has 1 N–H and O–H groups in total. The van der Waals surface area contributed by atoms with Crippen LogP contribution in [-0.2, 0) is 4.79 Å². The number of anilines is 1. The van der Waals surface area contributed by atoms with Crippen molar-refractivity contribution in [3.63, 3.8) is 0 Å². The Morgan fingerprint density at radius 1 is 0.903 bits per heavy atom. The van der Waals surface area contributed by atoms with E-state index in [1.54, 1.807) is 7.11 Å². The number of carbonyl (C=O) groups excluding carboxylic acids is 1. The lowest BCUT2D eigenvalue weighted by Gasteiger charge is -2.36. The zero-order valence-electron chi connectivity index (χ0n) is 20.0. The molecule has 2 rings (SSSR count). The molecule has 0 radical (unpaired) electrons. The number of nitrogens with one attached hydrogen (secondary N) is 1. The molecule has 1 aliphatic rings. The Morgan fingerprint density at radius 2 is 1.58 bits per heavy atom. The Labute approximate surface area is 190 Å². The zero-order valence-corrected chi connectivity index (χ0v) is 20.0. The van der Waals surface area contributed by atoms with E-state index in [1.807, 2.05) is 12.1 Å². The molecule has 0 unspecified atom stereocenters. The molecule has 0 aromatic heterocycles. The predicted octanol–water partition coefficient (Wildman–Crippen LogP) is 5.24. The van der Waals surface area contributed by atoms with Gasteiger partial charge in [0.25, 0.3) is 0 Å². The van der Waals surface area contributed by atoms with Gasteiger partial charge in [0.15, 0.2) is 0 Å². The van der Waals surface area contributed by atoms with Crippen LogP contribution >= 0.6 is 0 Å². The van der Waals surface area contributed by atoms with Crippen molar-refractivity contribution in [1.82, 2.24) is 10.2 Å². The van der Waals surface area contributed by atoms with Gasteiger partial charge in [0.2, 0.25) is 5.91 Å². The summed E-state index contributed by atoms with van der Waals surface area (Å²) in [5, 5.41) is 3.10. The Kier molecular flexibility index (Phi) is 13.1. The largest absolute Gasteiger partial charge is 0.495 e. The fourth-order valence-electron chi connectivity index (χ4n) is 4.30. The second kappa shape index (κ2) is 16.0. The summed E-state index contributed by atoms with van der Waals surface area (Å²) in [6.07, 6.45) is 13.1. The first-order chi connectivity index (χ1) is 15.2. The molecule has 1 aliphatic heterocycles. The highest BCUT2D eigenvalue weighted by Crippen LogP contribution is 2.28. The number of unbranched alkanes of at least 4 members (excludes halogenated alkanes) is 8. The van der Waals surface area contributed by atoms with E-state index in [-0.39, 0.29) is 5.91 Å². The molecule has 0 spiro atoms. The molecule has 0 saturated carbocycles. The van der Waals surface area contributed by atoms with Gasteiger partial charge >= 0.3 is 0 Å². The quantitative estimate of drug-likeness (QED) is 0.364. The Bertz CT molecular complexity index is 600. The predicted molar refractivity (Wildman–Crippen MR) is 131 cm³/mol. The number of amides is 1. The van der Waals surface area contributed by atoms with Crippen LogP contribution in [0.3, 0.4) is 0 Å². The fourth-order valence-corrected chi connectivity index (χ4v) is 4.30. The summed E-state index contributed by atoms with van der Waals surface area (Å²) < 4.78 is 5.50. The third-order valence-electron chi connectivity index (χ3n) is 6.28. The number of hydrogen-bond donors (Lipinski definition) is 1. The van der Waals surface area contributed by atoms with E-state index in [9.17, 15) is 4.79 Å². The number of methoxy groups -OCH3 is 1. The van der Waals surface area contributed by atoms with Gasteiger partial charge in [-0.25, -0.2) is 0 Å². The minimum atomic E-state index is 0.233. The molecule has 0 aliphatic carbocycles. The first kappa shape index (κ1) is 25.5. The third kappa shape index (κ3) is 10.4. The monoisotopic (exact) mass is 430 g/mol. The van der Waals surface area contributed by atoms with Crippen LogP contribution in [0.25, 0.3) is 0 Å². The van der Waals surface area contributed by atoms with Gasteiger partial charge in [-0.2, -0.15) is 0 Å². The summed E-state index contributed by atoms with van der Waals surface area (Å²) >= 11 is 0. The second-order valence-corrected chi connectivity index (χ2v) is 8.78. The molecule has 1 fully saturated rings. The molecule has 176 valence electrons. The van der Waals surface area contributed by atoms with Crippen LogP contribution in [0.5, 0.6) is 5.75 Å². The van der Waals surface area contributed by atoms with Crippen molar-refractivity contribution in [2.24, 2.45) is 0 Å². The molecular formula is C26H45N3O2. The summed E-state index contributed by atoms with van der Waals surface area (Å²) in [5.41, 5.74) is 1.20. The maximum Gasteiger partial charge on any atom is 0.219 e. The molecular weight excluding hydrogens is 385 g/mol. The van der Waals surface area contributed by atoms with Crippen LogP contribution in [0.4, 0.5) is 5.69 Å². The molecule has 5 nitrogen and oxygen atoms in total. The first-order valence-electron chi connectivity index (χ1n) is 12.6. The number of benzene rings is 1. The maximum atomic E-state index is 12.0. The van der Waals surface area contributed by atoms with Crippen LogP contribution in [-0.4, -0.2) is 57.2 Å². The number of ether oxygens (including phenoxy) is 1. The van der Waals surface area contributed by atoms with E-state index in [4.69, 9.17) is 4.74 Å². The number of nitrogens with zero attached hydrogens (tertiary/aromatic N) is 2. The van der Waals surface area contributed by atoms with Gasteiger partial charge in [-0.3, -0.25) is 9.69 Å². The van der Waals surface area contributed by atoms with Gasteiger partial charge in [-0.15, -0.1) is 0 Å². The minimum absolute atomic E-state index is 0.233. The van der Waals surface area contributed by atoms with Crippen molar-refractivity contribution >= 4 is 11.6 Å². The Balaban J connectivity index is 1.44. The van der Waals surface area contributed by atoms with E-state index < -0.39 is 0 Å². The normalized spacial score (nSPS) is 14.6. The minimum Gasteiger partial charge on any atom is -0.495 e. The number of carbonyl (C=O) groups is 1. The van der Waals surface area contributed by atoms with E-state index in [0.717, 1.165) is 64.3 Å². The highest BCUT2D eigenvalue weighted by molar-refractivity contribution is 5.75. The standard InChI is InChI=1S/C26H45N3O2/c1-3-4-5-6-7-8-9-10-17-26(30)27-18-13-14-19-28-20-22-29(23-21-28)24-15-11-12-16-25(24)31-2/h11-12,15-16H,3-10,13-14,17-23H2,1-2H3,(H,27,30)/i2-1. The zero-order chi connectivity index (χ0) is 22.2. The number of hydrogen-bond acceptors (Lipinski definition) is 4. The Hall–Kier alpha value is -1.75. The fraction of sp³-hybridized carbons (Fsp3) is 0.731. The van der Waals surface area contributed by atoms with Crippen LogP contribution in [0.1, 0.15) is 77.6 Å². The Morgan fingerprint density at radius 3 is 2.29 bits per heavy atom. The van der Waals surface area contributed by atoms with Crippen molar-refractivity contribution < 1.29 is 9.53 Å². The molecule has 0 atom stereocenters. The highest BCUT2D eigenvalue weighted by atomic mass is 16.4. The highest BCUT2D eigenvalue weighted by Gasteiger charge is 2.19. The summed E-state index contributed by atoms with van der Waals surface area (Å²) in [4.78, 5) is 16.9. The second-order valence-electron chi connectivity index (χ2n) is 8.78. The number of piperazine rings is 1. The first-order valence-corrected chi connectivity index (χ1v) is 12.6. The smallest absolute Gasteiger partial charge is 0.219 e. The molecule has 0 bridgehead atoms. The average molecular weight is 431 g/mol. The van der Waals surface area contributed by atoms with Gasteiger partial charge in [0.05, 0.1) is 12.8 Å². The van der Waals surface area contributed by atoms with Crippen molar-refractivity contribution in [3.8, 4) is 5.75 Å². The third-order valence-corrected chi connectivity index (χ3v) is 6.28. The lowest BCUT2D eigenvalue weighted by atomic mass is 10.1. The van der Waals surface area contributed by atoms with Crippen LogP contribution < -0.4 is 15.0 Å². The molecule has 1 aromatic carbocycles. The van der Waals surface area contributed by atoms with Gasteiger partial charge in [-0.1, -0.05) is 64.0 Å². The van der Waals surface area contributed by atoms with Crippen molar-refractivity contribution in [2.75, 3.05) is 51.3 Å². The SMILES string of the molecule is CCCCCCCCCCC(=O)NCCCCN1CCN(c2ccccc2O[11CH3])CC1. The molecule has 1 heterocycles. The van der Waals surface area contributed by atoms with Crippen LogP contribution in [0.15, 0.2) is 24.3 Å². The van der Waals surface area contributed by atoms with E-state index in [2.05, 4.69) is 34.2 Å². The van der Waals surface area contributed by atoms with Crippen molar-refractivity contribution in [2.45, 2.75) is 77.6 Å². The molecule has 31 heavy (non-hydrogen) atoms. The van der Waals surface area contributed by atoms with Gasteiger partial charge in [0, 0.05) is 39.1 Å². The van der Waals surface area contributed by atoms with Crippen molar-refractivity contribution in [3.05, 3.63) is 24.3 Å². The summed E-state index contributed by atoms with van der Waals surface area (Å²) in [6, 6.07) is 8.27. The van der Waals surface area contributed by atoms with E-state index in [1.165, 1.54) is 50.6 Å². The summed E-state index contributed by atoms with van der Waals surface area (Å²) in [7, 11) is 1.74. The topological polar surface area (TPSA) is 44.8 Å². The summed E-state index contributed by atoms with van der Waals surface area (Å²) in [5.74, 6) is 1.19. The molecule has 1 aromatic rings. The average Bonchev–Trinajstić information content (AvgIpc) is 2.81. The van der Waals surface area contributed by atoms with Crippen LogP contribution in [0.2, 0.25) is 0 Å². The van der Waals surface area contributed by atoms with E-state index in [0.29, 0.717) is 6.42 Å². The van der Waals surface area contributed by atoms with Gasteiger partial charge < -0.3 is 15.0 Å². The molecule has 1 amide bonds. The van der Waals surface area contributed by atoms with E-state index >= 15 is 0 Å². The van der Waals surface area contributed by atoms with Gasteiger partial charge in [0.1, 0.15) is 5.75 Å². The number of para-hydroxylation sites is 2. The summed E-state index contributed by atoms with van der Waals surface area (Å²) in [6.45, 7) is 8.44. The lowest BCUT2D eigenvalue weighted by Crippen LogP contribution is -2.46. The van der Waals surface area contributed by atoms with Crippen LogP contribution in [0, 0.1) is 0 Å². The lowest BCUT2D eigenvalue weighted by molar-refractivity contribution is -0.121. The van der Waals surface area contributed by atoms with Crippen molar-refractivity contribution in [1.29, 1.82) is 0 Å². The maximum absolute atomic E-state index is 12.0. The molecule has 5 heteroatoms. The van der Waals surface area contributed by atoms with Gasteiger partial charge in [-0.05, 0) is 37.9 Å². The molecule has 1 saturated heterocycles.